The van der Waals surface area contributed by atoms with Gasteiger partial charge in [-0.05, 0) is 55.8 Å². The van der Waals surface area contributed by atoms with Crippen LogP contribution in [0.1, 0.15) is 19.4 Å². The number of hydrogen-bond acceptors (Lipinski definition) is 6. The minimum Gasteiger partial charge on any atom is -0.497 e. The molecule has 10 heteroatoms. The van der Waals surface area contributed by atoms with E-state index in [1.165, 1.54) is 43.2 Å². The number of benzene rings is 2. The van der Waals surface area contributed by atoms with Crippen LogP contribution >= 0.6 is 0 Å². The van der Waals surface area contributed by atoms with Crippen LogP contribution in [0.2, 0.25) is 0 Å². The summed E-state index contributed by atoms with van der Waals surface area (Å²) in [5.41, 5.74) is -0.393. The number of esters is 1. The Labute approximate surface area is 190 Å². The molecule has 1 saturated heterocycles. The highest BCUT2D eigenvalue weighted by Gasteiger charge is 2.49. The number of amides is 4. The third-order valence-corrected chi connectivity index (χ3v) is 5.34. The molecule has 2 aromatic carbocycles. The number of urea groups is 1. The number of likely N-dealkylation sites (N-methyl/N-ethyl adjacent to an activating group) is 1. The molecule has 0 bridgehead atoms. The summed E-state index contributed by atoms with van der Waals surface area (Å²) in [7, 11) is 1.51. The second kappa shape index (κ2) is 9.68. The molecule has 174 valence electrons. The Bertz CT molecular complexity index is 1060. The van der Waals surface area contributed by atoms with Gasteiger partial charge in [0.15, 0.2) is 6.61 Å². The fraction of sp³-hybridized carbons (Fsp3) is 0.304. The van der Waals surface area contributed by atoms with E-state index < -0.39 is 48.3 Å². The zero-order valence-corrected chi connectivity index (χ0v) is 18.5. The fourth-order valence-corrected chi connectivity index (χ4v) is 3.48. The third kappa shape index (κ3) is 4.94. The van der Waals surface area contributed by atoms with Crippen molar-refractivity contribution in [2.24, 2.45) is 0 Å². The Morgan fingerprint density at radius 3 is 2.30 bits per heavy atom. The Morgan fingerprint density at radius 2 is 1.73 bits per heavy atom. The average Bonchev–Trinajstić information content (AvgIpc) is 3.03. The standard InChI is InChI=1S/C23H24FN3O6/c1-4-26(17-9-7-16(24)8-10-17)19(28)14-33-20(29)13-27-21(30)23(2,25-22(27)31)15-5-11-18(32-3)12-6-15/h5-12H,4,13-14H2,1-3H3,(H,25,31). The Kier molecular flexibility index (Phi) is 6.95. The summed E-state index contributed by atoms with van der Waals surface area (Å²) in [4.78, 5) is 52.1. The van der Waals surface area contributed by atoms with Crippen LogP contribution in [0, 0.1) is 5.82 Å². The molecule has 1 aliphatic heterocycles. The zero-order valence-electron chi connectivity index (χ0n) is 18.5. The second-order valence-electron chi connectivity index (χ2n) is 7.45. The van der Waals surface area contributed by atoms with Crippen LogP contribution in [0.15, 0.2) is 48.5 Å². The number of carbonyl (C=O) groups is 4. The van der Waals surface area contributed by atoms with E-state index >= 15 is 0 Å². The largest absolute Gasteiger partial charge is 0.497 e. The van der Waals surface area contributed by atoms with Gasteiger partial charge in [0, 0.05) is 12.2 Å². The quantitative estimate of drug-likeness (QED) is 0.481. The highest BCUT2D eigenvalue weighted by molar-refractivity contribution is 6.09. The van der Waals surface area contributed by atoms with Gasteiger partial charge in [-0.1, -0.05) is 12.1 Å². The van der Waals surface area contributed by atoms with E-state index in [-0.39, 0.29) is 6.54 Å². The number of nitrogens with zero attached hydrogens (tertiary/aromatic N) is 2. The molecule has 1 atom stereocenters. The lowest BCUT2D eigenvalue weighted by molar-refractivity contribution is -0.150. The van der Waals surface area contributed by atoms with Gasteiger partial charge in [0.2, 0.25) is 0 Å². The number of carbonyl (C=O) groups excluding carboxylic acids is 4. The van der Waals surface area contributed by atoms with E-state index in [9.17, 15) is 23.6 Å². The first-order valence-electron chi connectivity index (χ1n) is 10.2. The second-order valence-corrected chi connectivity index (χ2v) is 7.45. The molecule has 1 heterocycles. The smallest absolute Gasteiger partial charge is 0.326 e. The number of methoxy groups -OCH3 is 1. The maximum absolute atomic E-state index is 13.1. The van der Waals surface area contributed by atoms with Crippen molar-refractivity contribution in [3.8, 4) is 5.75 Å². The van der Waals surface area contributed by atoms with Crippen molar-refractivity contribution in [1.29, 1.82) is 0 Å². The van der Waals surface area contributed by atoms with E-state index in [0.717, 1.165) is 4.90 Å². The molecule has 0 aromatic heterocycles. The highest BCUT2D eigenvalue weighted by Crippen LogP contribution is 2.30. The number of halogens is 1. The van der Waals surface area contributed by atoms with Crippen LogP contribution in [-0.4, -0.2) is 55.5 Å². The monoisotopic (exact) mass is 457 g/mol. The number of rotatable bonds is 8. The van der Waals surface area contributed by atoms with Gasteiger partial charge in [-0.2, -0.15) is 0 Å². The van der Waals surface area contributed by atoms with E-state index in [2.05, 4.69) is 5.32 Å². The Balaban J connectivity index is 1.61. The normalized spacial score (nSPS) is 17.5. The first-order valence-corrected chi connectivity index (χ1v) is 10.2. The molecule has 2 aromatic rings. The number of anilines is 1. The van der Waals surface area contributed by atoms with Crippen molar-refractivity contribution in [1.82, 2.24) is 10.2 Å². The van der Waals surface area contributed by atoms with Crippen molar-refractivity contribution >= 4 is 29.5 Å². The summed E-state index contributed by atoms with van der Waals surface area (Å²) in [5.74, 6) is -1.92. The molecular weight excluding hydrogens is 433 g/mol. The molecule has 1 N–H and O–H groups in total. The maximum atomic E-state index is 13.1. The van der Waals surface area contributed by atoms with Gasteiger partial charge in [0.1, 0.15) is 23.7 Å². The van der Waals surface area contributed by atoms with Crippen LogP contribution in [-0.2, 0) is 24.7 Å². The van der Waals surface area contributed by atoms with Crippen LogP contribution in [0.5, 0.6) is 5.75 Å². The summed E-state index contributed by atoms with van der Waals surface area (Å²) in [6.07, 6.45) is 0. The molecule has 3 rings (SSSR count). The predicted octanol–water partition coefficient (Wildman–Crippen LogP) is 2.20. The molecule has 1 fully saturated rings. The molecule has 0 spiro atoms. The van der Waals surface area contributed by atoms with Crippen molar-refractivity contribution in [3.05, 3.63) is 59.9 Å². The summed E-state index contributed by atoms with van der Waals surface area (Å²) < 4.78 is 23.2. The van der Waals surface area contributed by atoms with Gasteiger partial charge in [-0.15, -0.1) is 0 Å². The van der Waals surface area contributed by atoms with E-state index in [1.807, 2.05) is 0 Å². The van der Waals surface area contributed by atoms with E-state index in [4.69, 9.17) is 9.47 Å². The third-order valence-electron chi connectivity index (χ3n) is 5.34. The van der Waals surface area contributed by atoms with Gasteiger partial charge >= 0.3 is 12.0 Å². The lowest BCUT2D eigenvalue weighted by atomic mass is 9.92. The average molecular weight is 457 g/mol. The van der Waals surface area contributed by atoms with Gasteiger partial charge in [0.05, 0.1) is 7.11 Å². The number of nitrogens with one attached hydrogen (secondary N) is 1. The first kappa shape index (κ1) is 23.7. The number of hydrogen-bond donors (Lipinski definition) is 1. The molecule has 0 saturated carbocycles. The maximum Gasteiger partial charge on any atom is 0.326 e. The lowest BCUT2D eigenvalue weighted by Gasteiger charge is -2.22. The molecule has 9 nitrogen and oxygen atoms in total. The topological polar surface area (TPSA) is 105 Å². The molecule has 0 aliphatic carbocycles. The van der Waals surface area contributed by atoms with Gasteiger partial charge in [-0.25, -0.2) is 9.18 Å². The van der Waals surface area contributed by atoms with Crippen molar-refractivity contribution in [3.63, 3.8) is 0 Å². The molecule has 1 unspecified atom stereocenters. The van der Waals surface area contributed by atoms with E-state index in [0.29, 0.717) is 17.0 Å². The zero-order chi connectivity index (χ0) is 24.2. The number of imide groups is 1. The molecular formula is C23H24FN3O6. The summed E-state index contributed by atoms with van der Waals surface area (Å²) in [6, 6.07) is 11.2. The molecule has 4 amide bonds. The van der Waals surface area contributed by atoms with Gasteiger partial charge in [-0.3, -0.25) is 19.3 Å². The summed E-state index contributed by atoms with van der Waals surface area (Å²) in [6.45, 7) is 2.28. The molecule has 33 heavy (non-hydrogen) atoms. The van der Waals surface area contributed by atoms with Gasteiger partial charge < -0.3 is 19.7 Å². The minimum absolute atomic E-state index is 0.273. The molecule has 1 aliphatic rings. The van der Waals surface area contributed by atoms with Gasteiger partial charge in [0.25, 0.3) is 11.8 Å². The minimum atomic E-state index is -1.36. The van der Waals surface area contributed by atoms with E-state index in [1.54, 1.807) is 31.2 Å². The van der Waals surface area contributed by atoms with Crippen LogP contribution in [0.4, 0.5) is 14.9 Å². The Hall–Kier alpha value is -3.95. The highest BCUT2D eigenvalue weighted by atomic mass is 19.1. The predicted molar refractivity (Wildman–Crippen MR) is 116 cm³/mol. The SMILES string of the molecule is CCN(C(=O)COC(=O)CN1C(=O)NC(C)(c2ccc(OC)cc2)C1=O)c1ccc(F)cc1. The van der Waals surface area contributed by atoms with Crippen LogP contribution < -0.4 is 15.0 Å². The van der Waals surface area contributed by atoms with Crippen LogP contribution in [0.3, 0.4) is 0 Å². The van der Waals surface area contributed by atoms with Crippen LogP contribution in [0.25, 0.3) is 0 Å². The van der Waals surface area contributed by atoms with Crippen molar-refractivity contribution in [2.75, 3.05) is 31.7 Å². The molecule has 0 radical (unpaired) electrons. The van der Waals surface area contributed by atoms with Crippen molar-refractivity contribution in [2.45, 2.75) is 19.4 Å². The fourth-order valence-electron chi connectivity index (χ4n) is 3.48. The summed E-state index contributed by atoms with van der Waals surface area (Å²) >= 11 is 0. The lowest BCUT2D eigenvalue weighted by Crippen LogP contribution is -2.42. The summed E-state index contributed by atoms with van der Waals surface area (Å²) in [5, 5.41) is 2.59. The number of ether oxygens (including phenoxy) is 2. The van der Waals surface area contributed by atoms with Crippen molar-refractivity contribution < 1.29 is 33.0 Å². The first-order chi connectivity index (χ1) is 15.7. The Morgan fingerprint density at radius 1 is 1.09 bits per heavy atom.